The number of benzene rings is 2. The minimum absolute atomic E-state index is 0.0470. The molecule has 3 rings (SSSR count). The highest BCUT2D eigenvalue weighted by Crippen LogP contribution is 2.18. The quantitative estimate of drug-likeness (QED) is 0.674. The minimum Gasteiger partial charge on any atom is -0.480 e. The smallest absolute Gasteiger partial charge is 0.410 e. The Morgan fingerprint density at radius 3 is 2.00 bits per heavy atom. The molecule has 1 aliphatic heterocycles. The summed E-state index contributed by atoms with van der Waals surface area (Å²) in [5, 5.41) is 16.2. The van der Waals surface area contributed by atoms with Gasteiger partial charge in [0.15, 0.2) is 0 Å². The minimum atomic E-state index is -1.14. The molecule has 2 N–H and O–H groups in total. The number of aliphatic carboxylic acids is 1. The summed E-state index contributed by atoms with van der Waals surface area (Å²) in [4.78, 5) is 38.8. The third kappa shape index (κ3) is 7.59. The predicted molar refractivity (Wildman–Crippen MR) is 116 cm³/mol. The molecule has 1 aliphatic rings. The number of hydrogen-bond donors (Lipinski definition) is 2. The van der Waals surface area contributed by atoms with E-state index in [9.17, 15) is 19.5 Å². The molecular formula is C23H28N2O7. The number of carboxylic acid groups (broad SMARTS) is 1. The summed E-state index contributed by atoms with van der Waals surface area (Å²) in [7, 11) is 1.00. The molecule has 2 amide bonds. The monoisotopic (exact) mass is 444 g/mol. The lowest BCUT2D eigenvalue weighted by atomic mass is 10.2. The van der Waals surface area contributed by atoms with Crippen LogP contribution in [-0.4, -0.2) is 71.0 Å². The fourth-order valence-electron chi connectivity index (χ4n) is 3.26. The largest absolute Gasteiger partial charge is 0.480 e. The van der Waals surface area contributed by atoms with E-state index < -0.39 is 30.7 Å². The molecule has 1 atom stereocenters. The molecule has 1 saturated heterocycles. The summed E-state index contributed by atoms with van der Waals surface area (Å²) in [6, 6.07) is 18.0. The summed E-state index contributed by atoms with van der Waals surface area (Å²) in [5.41, 5.74) is 1.68. The summed E-state index contributed by atoms with van der Waals surface area (Å²) in [6.45, 7) is 0.275. The van der Waals surface area contributed by atoms with Crippen LogP contribution in [0.5, 0.6) is 0 Å². The van der Waals surface area contributed by atoms with Crippen molar-refractivity contribution in [1.29, 1.82) is 0 Å². The Labute approximate surface area is 186 Å². The van der Waals surface area contributed by atoms with Crippen LogP contribution in [0.3, 0.4) is 0 Å². The van der Waals surface area contributed by atoms with E-state index in [2.05, 4.69) is 0 Å². The van der Waals surface area contributed by atoms with E-state index in [-0.39, 0.29) is 19.8 Å². The Balaban J connectivity index is 0.00000176. The van der Waals surface area contributed by atoms with Gasteiger partial charge in [-0.15, -0.1) is 0 Å². The van der Waals surface area contributed by atoms with Crippen molar-refractivity contribution in [3.63, 3.8) is 0 Å². The Bertz CT molecular complexity index is 861. The SMILES string of the molecule is CO.O=C(O)CN(C(=O)OCc1ccccc1)C1CCN(C(=O)OCc2ccccc2)C1. The van der Waals surface area contributed by atoms with E-state index >= 15 is 0 Å². The van der Waals surface area contributed by atoms with Gasteiger partial charge in [0, 0.05) is 20.2 Å². The van der Waals surface area contributed by atoms with Crippen LogP contribution in [0.4, 0.5) is 9.59 Å². The maximum absolute atomic E-state index is 12.5. The van der Waals surface area contributed by atoms with E-state index in [1.54, 1.807) is 0 Å². The average Bonchev–Trinajstić information content (AvgIpc) is 3.32. The van der Waals surface area contributed by atoms with Gasteiger partial charge < -0.3 is 24.6 Å². The molecule has 9 nitrogen and oxygen atoms in total. The molecule has 0 aliphatic carbocycles. The highest BCUT2D eigenvalue weighted by atomic mass is 16.6. The van der Waals surface area contributed by atoms with Crippen molar-refractivity contribution >= 4 is 18.2 Å². The molecule has 1 fully saturated rings. The second kappa shape index (κ2) is 13.0. The summed E-state index contributed by atoms with van der Waals surface area (Å²) in [6.07, 6.45) is -0.756. The van der Waals surface area contributed by atoms with E-state index in [4.69, 9.17) is 14.6 Å². The molecule has 2 aromatic carbocycles. The van der Waals surface area contributed by atoms with Crippen LogP contribution in [-0.2, 0) is 27.5 Å². The number of ether oxygens (including phenoxy) is 2. The van der Waals surface area contributed by atoms with E-state index in [0.29, 0.717) is 13.0 Å². The van der Waals surface area contributed by atoms with Crippen molar-refractivity contribution < 1.29 is 34.1 Å². The zero-order valence-electron chi connectivity index (χ0n) is 17.9. The van der Waals surface area contributed by atoms with Crippen LogP contribution in [0.15, 0.2) is 60.7 Å². The molecule has 172 valence electrons. The maximum atomic E-state index is 12.5. The summed E-state index contributed by atoms with van der Waals surface area (Å²) in [5.74, 6) is -1.14. The Hall–Kier alpha value is -3.59. The number of rotatable bonds is 7. The molecule has 0 saturated carbocycles. The number of aliphatic hydroxyl groups excluding tert-OH is 1. The zero-order valence-corrected chi connectivity index (χ0v) is 17.9. The fraction of sp³-hybridized carbons (Fsp3) is 0.348. The number of aliphatic hydroxyl groups is 1. The van der Waals surface area contributed by atoms with Crippen molar-refractivity contribution in [2.24, 2.45) is 0 Å². The highest BCUT2D eigenvalue weighted by molar-refractivity contribution is 5.77. The molecule has 0 aromatic heterocycles. The lowest BCUT2D eigenvalue weighted by molar-refractivity contribution is -0.138. The van der Waals surface area contributed by atoms with Gasteiger partial charge in [0.05, 0.1) is 6.04 Å². The van der Waals surface area contributed by atoms with Gasteiger partial charge in [0.2, 0.25) is 0 Å². The van der Waals surface area contributed by atoms with Crippen LogP contribution < -0.4 is 0 Å². The second-order valence-corrected chi connectivity index (χ2v) is 6.99. The molecule has 2 aromatic rings. The third-order valence-corrected chi connectivity index (χ3v) is 4.81. The first kappa shape index (κ1) is 24.7. The molecule has 0 bridgehead atoms. The van der Waals surface area contributed by atoms with Crippen molar-refractivity contribution in [2.45, 2.75) is 25.7 Å². The van der Waals surface area contributed by atoms with Crippen molar-refractivity contribution in [3.8, 4) is 0 Å². The van der Waals surface area contributed by atoms with Crippen LogP contribution in [0.25, 0.3) is 0 Å². The number of hydrogen-bond acceptors (Lipinski definition) is 6. The zero-order chi connectivity index (χ0) is 23.3. The van der Waals surface area contributed by atoms with E-state index in [1.807, 2.05) is 60.7 Å². The molecule has 0 spiro atoms. The van der Waals surface area contributed by atoms with Crippen LogP contribution in [0.1, 0.15) is 17.5 Å². The van der Waals surface area contributed by atoms with Gasteiger partial charge in [-0.3, -0.25) is 9.69 Å². The molecule has 1 unspecified atom stereocenters. The van der Waals surface area contributed by atoms with Crippen molar-refractivity contribution in [3.05, 3.63) is 71.8 Å². The van der Waals surface area contributed by atoms with Crippen molar-refractivity contribution in [2.75, 3.05) is 26.7 Å². The summed E-state index contributed by atoms with van der Waals surface area (Å²) >= 11 is 0. The van der Waals surface area contributed by atoms with Crippen molar-refractivity contribution in [1.82, 2.24) is 9.80 Å². The lowest BCUT2D eigenvalue weighted by Gasteiger charge is -2.26. The molecule has 1 heterocycles. The first-order chi connectivity index (χ1) is 15.5. The van der Waals surface area contributed by atoms with Gasteiger partial charge in [-0.1, -0.05) is 60.7 Å². The maximum Gasteiger partial charge on any atom is 0.410 e. The Morgan fingerprint density at radius 2 is 1.47 bits per heavy atom. The average molecular weight is 444 g/mol. The number of carbonyl (C=O) groups is 3. The topological polar surface area (TPSA) is 117 Å². The predicted octanol–water partition coefficient (Wildman–Crippen LogP) is 2.73. The first-order valence-corrected chi connectivity index (χ1v) is 10.1. The lowest BCUT2D eigenvalue weighted by Crippen LogP contribution is -2.45. The molecule has 0 radical (unpaired) electrons. The molecule has 32 heavy (non-hydrogen) atoms. The standard InChI is InChI=1S/C22H24N2O6.CH4O/c25-20(26)14-24(22(28)30-16-18-9-5-2-6-10-18)19-11-12-23(13-19)21(27)29-15-17-7-3-1-4-8-17;1-2/h1-10,19H,11-16H2,(H,25,26);2H,1H3. The Kier molecular flexibility index (Phi) is 9.99. The van der Waals surface area contributed by atoms with E-state index in [1.165, 1.54) is 4.90 Å². The fourth-order valence-corrected chi connectivity index (χ4v) is 3.26. The number of nitrogens with zero attached hydrogens (tertiary/aromatic N) is 2. The number of likely N-dealkylation sites (tertiary alicyclic amines) is 1. The van der Waals surface area contributed by atoms with Crippen LogP contribution >= 0.6 is 0 Å². The van der Waals surface area contributed by atoms with Gasteiger partial charge in [-0.05, 0) is 17.5 Å². The van der Waals surface area contributed by atoms with Gasteiger partial charge >= 0.3 is 18.2 Å². The molecular weight excluding hydrogens is 416 g/mol. The second-order valence-electron chi connectivity index (χ2n) is 6.99. The third-order valence-electron chi connectivity index (χ3n) is 4.81. The van der Waals surface area contributed by atoms with Gasteiger partial charge in [-0.2, -0.15) is 0 Å². The normalized spacial score (nSPS) is 14.7. The first-order valence-electron chi connectivity index (χ1n) is 10.1. The number of carboxylic acids is 1. The number of carbonyl (C=O) groups excluding carboxylic acids is 2. The van der Waals surface area contributed by atoms with Gasteiger partial charge in [0.1, 0.15) is 19.8 Å². The Morgan fingerprint density at radius 1 is 0.938 bits per heavy atom. The molecule has 9 heteroatoms. The van der Waals surface area contributed by atoms with Crippen LogP contribution in [0, 0.1) is 0 Å². The summed E-state index contributed by atoms with van der Waals surface area (Å²) < 4.78 is 10.6. The van der Waals surface area contributed by atoms with E-state index in [0.717, 1.165) is 23.1 Å². The van der Waals surface area contributed by atoms with Gasteiger partial charge in [-0.25, -0.2) is 9.59 Å². The number of amides is 2. The van der Waals surface area contributed by atoms with Crippen LogP contribution in [0.2, 0.25) is 0 Å². The van der Waals surface area contributed by atoms with Gasteiger partial charge in [0.25, 0.3) is 0 Å². The highest BCUT2D eigenvalue weighted by Gasteiger charge is 2.35.